The van der Waals surface area contributed by atoms with Gasteiger partial charge in [-0.25, -0.2) is 4.98 Å². The minimum atomic E-state index is 0.123. The number of aromatic nitrogens is 3. The van der Waals surface area contributed by atoms with Gasteiger partial charge in [-0.1, -0.05) is 66.0 Å². The van der Waals surface area contributed by atoms with Crippen molar-refractivity contribution in [2.24, 2.45) is 0 Å². The van der Waals surface area contributed by atoms with Gasteiger partial charge in [-0.15, -0.1) is 10.2 Å². The molecule has 31 heavy (non-hydrogen) atoms. The first-order valence-corrected chi connectivity index (χ1v) is 12.0. The van der Waals surface area contributed by atoms with E-state index in [0.29, 0.717) is 16.7 Å². The van der Waals surface area contributed by atoms with Gasteiger partial charge in [0.25, 0.3) is 0 Å². The van der Waals surface area contributed by atoms with Crippen molar-refractivity contribution in [1.82, 2.24) is 25.0 Å². The first kappa shape index (κ1) is 20.3. The highest BCUT2D eigenvalue weighted by Crippen LogP contribution is 2.41. The van der Waals surface area contributed by atoms with E-state index in [9.17, 15) is 4.79 Å². The molecule has 0 spiro atoms. The van der Waals surface area contributed by atoms with Crippen LogP contribution in [0.25, 0.3) is 0 Å². The molecule has 5 rings (SSSR count). The first-order valence-electron chi connectivity index (χ1n) is 10.2. The number of carbonyl (C=O) groups excluding carboxylic acids is 1. The lowest BCUT2D eigenvalue weighted by atomic mass is 10.2. The smallest absolute Gasteiger partial charge is 0.233 e. The average Bonchev–Trinajstić information content (AvgIpc) is 2.82. The molecule has 2 aliphatic rings. The number of benzene rings is 2. The number of carbonyl (C=O) groups is 1. The zero-order valence-electron chi connectivity index (χ0n) is 16.9. The summed E-state index contributed by atoms with van der Waals surface area (Å²) < 4.78 is 0. The van der Waals surface area contributed by atoms with Gasteiger partial charge in [-0.05, 0) is 17.7 Å². The van der Waals surface area contributed by atoms with E-state index in [-0.39, 0.29) is 5.91 Å². The fourth-order valence-corrected chi connectivity index (χ4v) is 5.17. The van der Waals surface area contributed by atoms with E-state index in [2.05, 4.69) is 49.7 Å². The highest BCUT2D eigenvalue weighted by molar-refractivity contribution is 8.00. The number of thioether (sulfide) groups is 1. The maximum atomic E-state index is 12.7. The zero-order chi connectivity index (χ0) is 21.0. The molecule has 0 saturated carbocycles. The second-order valence-electron chi connectivity index (χ2n) is 7.40. The van der Waals surface area contributed by atoms with Gasteiger partial charge in [-0.2, -0.15) is 0 Å². The molecule has 1 N–H and O–H groups in total. The Morgan fingerprint density at radius 1 is 1.00 bits per heavy atom. The van der Waals surface area contributed by atoms with Gasteiger partial charge in [0.05, 0.1) is 11.4 Å². The summed E-state index contributed by atoms with van der Waals surface area (Å²) in [6.45, 7) is 4.22. The van der Waals surface area contributed by atoms with Crippen LogP contribution in [-0.4, -0.2) is 62.8 Å². The summed E-state index contributed by atoms with van der Waals surface area (Å²) in [5.74, 6) is 1.14. The predicted molar refractivity (Wildman–Crippen MR) is 123 cm³/mol. The summed E-state index contributed by atoms with van der Waals surface area (Å²) in [6, 6.07) is 18.5. The van der Waals surface area contributed by atoms with Crippen LogP contribution in [-0.2, 0) is 11.3 Å². The maximum Gasteiger partial charge on any atom is 0.233 e. The van der Waals surface area contributed by atoms with Crippen LogP contribution in [0, 0.1) is 0 Å². The summed E-state index contributed by atoms with van der Waals surface area (Å²) in [4.78, 5) is 22.7. The number of fused-ring (bicyclic) bond motifs is 2. The quantitative estimate of drug-likeness (QED) is 0.463. The van der Waals surface area contributed by atoms with Gasteiger partial charge < -0.3 is 10.2 Å². The lowest BCUT2D eigenvalue weighted by Crippen LogP contribution is -2.48. The number of hydrogen-bond acceptors (Lipinski definition) is 8. The third-order valence-corrected chi connectivity index (χ3v) is 7.15. The standard InChI is InChI=1S/C22H22N6OS2/c29-19(28-12-10-27(11-13-28)14-16-6-2-1-3-7-16)15-30-22-24-20-21(25-26-22)31-18-9-5-4-8-17(18)23-20/h1-9H,10-15H2,(H,23,24,26). The molecule has 0 unspecified atom stereocenters. The molecule has 3 aromatic rings. The lowest BCUT2D eigenvalue weighted by molar-refractivity contribution is -0.130. The van der Waals surface area contributed by atoms with Crippen LogP contribution in [0.5, 0.6) is 0 Å². The molecular formula is C22H22N6OS2. The Morgan fingerprint density at radius 2 is 1.77 bits per heavy atom. The normalized spacial score (nSPS) is 15.7. The van der Waals surface area contributed by atoms with E-state index in [4.69, 9.17) is 0 Å². The molecule has 158 valence electrons. The van der Waals surface area contributed by atoms with Gasteiger partial charge in [0.1, 0.15) is 0 Å². The van der Waals surface area contributed by atoms with Crippen molar-refractivity contribution in [3.8, 4) is 0 Å². The third kappa shape index (κ3) is 4.84. The minimum Gasteiger partial charge on any atom is -0.339 e. The van der Waals surface area contributed by atoms with Crippen molar-refractivity contribution in [1.29, 1.82) is 0 Å². The van der Waals surface area contributed by atoms with Gasteiger partial charge in [0.2, 0.25) is 11.1 Å². The third-order valence-electron chi connectivity index (χ3n) is 5.28. The Balaban J connectivity index is 1.12. The van der Waals surface area contributed by atoms with Crippen LogP contribution in [0.4, 0.5) is 11.5 Å². The molecule has 7 nitrogen and oxygen atoms in total. The van der Waals surface area contributed by atoms with Crippen molar-refractivity contribution in [3.63, 3.8) is 0 Å². The minimum absolute atomic E-state index is 0.123. The monoisotopic (exact) mass is 450 g/mol. The van der Waals surface area contributed by atoms with E-state index in [1.807, 2.05) is 35.2 Å². The Bertz CT molecular complexity index is 1070. The fourth-order valence-electron chi connectivity index (χ4n) is 3.62. The topological polar surface area (TPSA) is 74.2 Å². The maximum absolute atomic E-state index is 12.7. The van der Waals surface area contributed by atoms with Crippen LogP contribution < -0.4 is 5.32 Å². The molecular weight excluding hydrogens is 428 g/mol. The molecule has 1 fully saturated rings. The highest BCUT2D eigenvalue weighted by Gasteiger charge is 2.23. The van der Waals surface area contributed by atoms with Crippen molar-refractivity contribution < 1.29 is 4.79 Å². The molecule has 0 atom stereocenters. The Hall–Kier alpha value is -2.62. The van der Waals surface area contributed by atoms with Crippen LogP contribution in [0.3, 0.4) is 0 Å². The number of hydrogen-bond donors (Lipinski definition) is 1. The number of nitrogens with zero attached hydrogens (tertiary/aromatic N) is 5. The predicted octanol–water partition coefficient (Wildman–Crippen LogP) is 3.52. The van der Waals surface area contributed by atoms with E-state index < -0.39 is 0 Å². The van der Waals surface area contributed by atoms with Crippen molar-refractivity contribution in [2.45, 2.75) is 21.6 Å². The highest BCUT2D eigenvalue weighted by atomic mass is 32.2. The van der Waals surface area contributed by atoms with Crippen LogP contribution in [0.1, 0.15) is 5.56 Å². The molecule has 9 heteroatoms. The summed E-state index contributed by atoms with van der Waals surface area (Å²) in [5.41, 5.74) is 2.32. The Morgan fingerprint density at radius 3 is 2.61 bits per heavy atom. The summed E-state index contributed by atoms with van der Waals surface area (Å²) >= 11 is 2.89. The van der Waals surface area contributed by atoms with Gasteiger partial charge in [0.15, 0.2) is 10.8 Å². The van der Waals surface area contributed by atoms with Crippen LogP contribution >= 0.6 is 23.5 Å². The molecule has 1 aromatic heterocycles. The van der Waals surface area contributed by atoms with Gasteiger partial charge in [0, 0.05) is 37.6 Å². The van der Waals surface area contributed by atoms with Crippen LogP contribution in [0.15, 0.2) is 69.7 Å². The number of anilines is 2. The molecule has 3 heterocycles. The number of piperazine rings is 1. The largest absolute Gasteiger partial charge is 0.339 e. The number of nitrogens with one attached hydrogen (secondary N) is 1. The van der Waals surface area contributed by atoms with Crippen molar-refractivity contribution >= 4 is 40.9 Å². The second-order valence-corrected chi connectivity index (χ2v) is 9.38. The summed E-state index contributed by atoms with van der Waals surface area (Å²) in [6.07, 6.45) is 0. The Labute approximate surface area is 189 Å². The van der Waals surface area contributed by atoms with E-state index in [1.54, 1.807) is 11.8 Å². The van der Waals surface area contributed by atoms with Gasteiger partial charge >= 0.3 is 0 Å². The van der Waals surface area contributed by atoms with E-state index >= 15 is 0 Å². The first-order chi connectivity index (χ1) is 15.2. The van der Waals surface area contributed by atoms with Gasteiger partial charge in [-0.3, -0.25) is 9.69 Å². The molecule has 2 aromatic carbocycles. The van der Waals surface area contributed by atoms with Crippen molar-refractivity contribution in [2.75, 3.05) is 37.2 Å². The summed E-state index contributed by atoms with van der Waals surface area (Å²) in [5, 5.41) is 13.1. The molecule has 0 bridgehead atoms. The summed E-state index contributed by atoms with van der Waals surface area (Å²) in [7, 11) is 0. The Kier molecular flexibility index (Phi) is 6.06. The van der Waals surface area contributed by atoms with Crippen LogP contribution in [0.2, 0.25) is 0 Å². The molecule has 0 aliphatic carbocycles. The molecule has 1 amide bonds. The lowest BCUT2D eigenvalue weighted by Gasteiger charge is -2.34. The number of para-hydroxylation sites is 1. The van der Waals surface area contributed by atoms with Crippen molar-refractivity contribution in [3.05, 3.63) is 60.2 Å². The second kappa shape index (κ2) is 9.25. The average molecular weight is 451 g/mol. The molecule has 1 saturated heterocycles. The zero-order valence-corrected chi connectivity index (χ0v) is 18.5. The fraction of sp³-hybridized carbons (Fsp3) is 0.273. The molecule has 0 radical (unpaired) electrons. The number of amides is 1. The molecule has 2 aliphatic heterocycles. The van der Waals surface area contributed by atoms with E-state index in [0.717, 1.165) is 48.3 Å². The van der Waals surface area contributed by atoms with E-state index in [1.165, 1.54) is 17.3 Å². The number of rotatable bonds is 5. The SMILES string of the molecule is O=C(CSc1nnc2c(n1)Nc1ccccc1S2)N1CCN(Cc2ccccc2)CC1.